The minimum atomic E-state index is -0.619. The van der Waals surface area contributed by atoms with Gasteiger partial charge in [0.05, 0.1) is 0 Å². The van der Waals surface area contributed by atoms with E-state index in [0.717, 1.165) is 16.3 Å². The fraction of sp³-hybridized carbons (Fsp3) is 0.150. The van der Waals surface area contributed by atoms with Gasteiger partial charge in [0.25, 0.3) is 5.91 Å². The summed E-state index contributed by atoms with van der Waals surface area (Å²) in [5.74, 6) is 0.446. The molecule has 0 aliphatic carbocycles. The van der Waals surface area contributed by atoms with Gasteiger partial charge in [-0.05, 0) is 54.4 Å². The van der Waals surface area contributed by atoms with Crippen LogP contribution in [0.15, 0.2) is 60.7 Å². The van der Waals surface area contributed by atoms with E-state index < -0.39 is 6.10 Å². The summed E-state index contributed by atoms with van der Waals surface area (Å²) in [6.45, 7) is 3.64. The third kappa shape index (κ3) is 3.69. The van der Waals surface area contributed by atoms with Gasteiger partial charge in [0, 0.05) is 10.7 Å². The summed E-state index contributed by atoms with van der Waals surface area (Å²) in [4.78, 5) is 12.3. The number of hydrogen-bond donors (Lipinski definition) is 1. The summed E-state index contributed by atoms with van der Waals surface area (Å²) in [7, 11) is 0. The number of halogens is 1. The normalized spacial score (nSPS) is 12.0. The van der Waals surface area contributed by atoms with Crippen LogP contribution in [0.4, 0.5) is 5.69 Å². The average molecular weight is 340 g/mol. The molecule has 0 aliphatic heterocycles. The molecule has 1 amide bonds. The summed E-state index contributed by atoms with van der Waals surface area (Å²) < 4.78 is 5.77. The molecule has 1 atom stereocenters. The van der Waals surface area contributed by atoms with E-state index >= 15 is 0 Å². The monoisotopic (exact) mass is 339 g/mol. The molecule has 4 heteroatoms. The van der Waals surface area contributed by atoms with Gasteiger partial charge in [0.15, 0.2) is 6.10 Å². The predicted octanol–water partition coefficient (Wildman–Crippen LogP) is 5.21. The second-order valence-corrected chi connectivity index (χ2v) is 6.13. The Morgan fingerprint density at radius 3 is 2.54 bits per heavy atom. The van der Waals surface area contributed by atoms with Crippen LogP contribution < -0.4 is 10.1 Å². The molecule has 0 unspecified atom stereocenters. The maximum absolute atomic E-state index is 12.3. The van der Waals surface area contributed by atoms with Gasteiger partial charge in [-0.1, -0.05) is 48.0 Å². The number of ether oxygens (including phenoxy) is 1. The van der Waals surface area contributed by atoms with Crippen molar-refractivity contribution < 1.29 is 9.53 Å². The maximum atomic E-state index is 12.3. The molecule has 0 spiro atoms. The number of carbonyl (C=O) groups excluding carboxylic acids is 1. The summed E-state index contributed by atoms with van der Waals surface area (Å²) in [6.07, 6.45) is -0.619. The van der Waals surface area contributed by atoms with Crippen LogP contribution >= 0.6 is 11.6 Å². The lowest BCUT2D eigenvalue weighted by molar-refractivity contribution is -0.122. The first-order valence-electron chi connectivity index (χ1n) is 7.75. The smallest absolute Gasteiger partial charge is 0.265 e. The van der Waals surface area contributed by atoms with Crippen LogP contribution in [-0.2, 0) is 4.79 Å². The Morgan fingerprint density at radius 2 is 1.79 bits per heavy atom. The zero-order valence-corrected chi connectivity index (χ0v) is 14.3. The highest BCUT2D eigenvalue weighted by Crippen LogP contribution is 2.23. The van der Waals surface area contributed by atoms with E-state index in [0.29, 0.717) is 16.5 Å². The maximum Gasteiger partial charge on any atom is 0.265 e. The number of carbonyl (C=O) groups is 1. The van der Waals surface area contributed by atoms with E-state index in [1.54, 1.807) is 13.0 Å². The van der Waals surface area contributed by atoms with Crippen LogP contribution in [0.2, 0.25) is 5.02 Å². The Labute approximate surface area is 146 Å². The summed E-state index contributed by atoms with van der Waals surface area (Å²) in [5.41, 5.74) is 1.62. The average Bonchev–Trinajstić information content (AvgIpc) is 2.58. The van der Waals surface area contributed by atoms with Crippen molar-refractivity contribution in [1.82, 2.24) is 0 Å². The van der Waals surface area contributed by atoms with Crippen molar-refractivity contribution in [3.05, 3.63) is 71.2 Å². The molecule has 3 aromatic rings. The first-order chi connectivity index (χ1) is 11.5. The van der Waals surface area contributed by atoms with Crippen molar-refractivity contribution in [2.75, 3.05) is 5.32 Å². The fourth-order valence-electron chi connectivity index (χ4n) is 2.41. The third-order valence-electron chi connectivity index (χ3n) is 3.84. The standard InChI is InChI=1S/C20H18ClNO2/c1-13-7-9-17(12-19(13)21)22-20(23)14(2)24-18-10-8-15-5-3-4-6-16(15)11-18/h3-12,14H,1-2H3,(H,22,23)/t14-/m1/s1. The van der Waals surface area contributed by atoms with Gasteiger partial charge in [0.2, 0.25) is 0 Å². The molecule has 3 rings (SSSR count). The second kappa shape index (κ2) is 6.93. The van der Waals surface area contributed by atoms with Gasteiger partial charge in [0.1, 0.15) is 5.75 Å². The molecule has 122 valence electrons. The van der Waals surface area contributed by atoms with Gasteiger partial charge in [-0.3, -0.25) is 4.79 Å². The van der Waals surface area contributed by atoms with Crippen molar-refractivity contribution in [1.29, 1.82) is 0 Å². The Morgan fingerprint density at radius 1 is 1.04 bits per heavy atom. The molecule has 0 bridgehead atoms. The molecule has 3 aromatic carbocycles. The lowest BCUT2D eigenvalue weighted by atomic mass is 10.1. The highest BCUT2D eigenvalue weighted by molar-refractivity contribution is 6.31. The molecule has 3 nitrogen and oxygen atoms in total. The number of hydrogen-bond acceptors (Lipinski definition) is 2. The first kappa shape index (κ1) is 16.3. The number of rotatable bonds is 4. The number of nitrogens with one attached hydrogen (secondary N) is 1. The van der Waals surface area contributed by atoms with Crippen LogP contribution in [-0.4, -0.2) is 12.0 Å². The topological polar surface area (TPSA) is 38.3 Å². The molecule has 0 heterocycles. The SMILES string of the molecule is Cc1ccc(NC(=O)[C@@H](C)Oc2ccc3ccccc3c2)cc1Cl. The van der Waals surface area contributed by atoms with Gasteiger partial charge in [-0.25, -0.2) is 0 Å². The molecule has 0 radical (unpaired) electrons. The number of benzene rings is 3. The minimum Gasteiger partial charge on any atom is -0.481 e. The molecular weight excluding hydrogens is 322 g/mol. The van der Waals surface area contributed by atoms with Crippen molar-refractivity contribution in [2.24, 2.45) is 0 Å². The summed E-state index contributed by atoms with van der Waals surface area (Å²) in [6, 6.07) is 19.2. The van der Waals surface area contributed by atoms with Crippen LogP contribution in [0.3, 0.4) is 0 Å². The van der Waals surface area contributed by atoms with Crippen LogP contribution in [0, 0.1) is 6.92 Å². The number of fused-ring (bicyclic) bond motifs is 1. The fourth-order valence-corrected chi connectivity index (χ4v) is 2.59. The second-order valence-electron chi connectivity index (χ2n) is 5.72. The van der Waals surface area contributed by atoms with Crippen molar-refractivity contribution >= 4 is 34.0 Å². The van der Waals surface area contributed by atoms with E-state index in [1.165, 1.54) is 0 Å². The Hall–Kier alpha value is -2.52. The van der Waals surface area contributed by atoms with Crippen molar-refractivity contribution in [2.45, 2.75) is 20.0 Å². The Balaban J connectivity index is 1.69. The predicted molar refractivity (Wildman–Crippen MR) is 98.9 cm³/mol. The van der Waals surface area contributed by atoms with Crippen LogP contribution in [0.5, 0.6) is 5.75 Å². The molecule has 0 saturated carbocycles. The summed E-state index contributed by atoms with van der Waals surface area (Å²) >= 11 is 6.08. The van der Waals surface area contributed by atoms with Crippen molar-refractivity contribution in [3.8, 4) is 5.75 Å². The lowest BCUT2D eigenvalue weighted by Crippen LogP contribution is -2.30. The highest BCUT2D eigenvalue weighted by Gasteiger charge is 2.15. The molecule has 24 heavy (non-hydrogen) atoms. The van der Waals surface area contributed by atoms with Gasteiger partial charge < -0.3 is 10.1 Å². The Bertz CT molecular complexity index is 892. The number of amides is 1. The largest absolute Gasteiger partial charge is 0.481 e. The quantitative estimate of drug-likeness (QED) is 0.708. The van der Waals surface area contributed by atoms with E-state index in [1.807, 2.05) is 61.5 Å². The molecule has 1 N–H and O–H groups in total. The number of anilines is 1. The third-order valence-corrected chi connectivity index (χ3v) is 4.25. The molecular formula is C20H18ClNO2. The van der Waals surface area contributed by atoms with E-state index in [2.05, 4.69) is 5.32 Å². The summed E-state index contributed by atoms with van der Waals surface area (Å²) in [5, 5.41) is 5.65. The van der Waals surface area contributed by atoms with Gasteiger partial charge in [-0.15, -0.1) is 0 Å². The van der Waals surface area contributed by atoms with Gasteiger partial charge in [-0.2, -0.15) is 0 Å². The molecule has 0 fully saturated rings. The van der Waals surface area contributed by atoms with E-state index in [4.69, 9.17) is 16.3 Å². The molecule has 0 aromatic heterocycles. The van der Waals surface area contributed by atoms with Gasteiger partial charge >= 0.3 is 0 Å². The Kier molecular flexibility index (Phi) is 4.72. The highest BCUT2D eigenvalue weighted by atomic mass is 35.5. The van der Waals surface area contributed by atoms with Crippen LogP contribution in [0.1, 0.15) is 12.5 Å². The minimum absolute atomic E-state index is 0.219. The number of aryl methyl sites for hydroxylation is 1. The zero-order chi connectivity index (χ0) is 17.1. The molecule has 0 aliphatic rings. The van der Waals surface area contributed by atoms with Crippen LogP contribution in [0.25, 0.3) is 10.8 Å². The zero-order valence-electron chi connectivity index (χ0n) is 13.5. The van der Waals surface area contributed by atoms with E-state index in [-0.39, 0.29) is 5.91 Å². The first-order valence-corrected chi connectivity index (χ1v) is 8.13. The molecule has 0 saturated heterocycles. The van der Waals surface area contributed by atoms with Crippen molar-refractivity contribution in [3.63, 3.8) is 0 Å². The lowest BCUT2D eigenvalue weighted by Gasteiger charge is -2.15. The van der Waals surface area contributed by atoms with E-state index in [9.17, 15) is 4.79 Å².